The van der Waals surface area contributed by atoms with E-state index in [1.165, 1.54) is 4.88 Å². The SMILES string of the molecule is CN(Cc1ccon1)Cc1ccc(C#CC(C)(C)O)s1. The first-order valence-electron chi connectivity index (χ1n) is 6.34. The van der Waals surface area contributed by atoms with E-state index in [0.717, 1.165) is 23.7 Å². The average Bonchev–Trinajstić information content (AvgIpc) is 2.97. The lowest BCUT2D eigenvalue weighted by Gasteiger charge is -2.13. The van der Waals surface area contributed by atoms with Crippen LogP contribution in [0.15, 0.2) is 29.0 Å². The molecule has 0 amide bonds. The second-order valence-electron chi connectivity index (χ2n) is 5.24. The second-order valence-corrected chi connectivity index (χ2v) is 6.41. The summed E-state index contributed by atoms with van der Waals surface area (Å²) in [6, 6.07) is 5.92. The lowest BCUT2D eigenvalue weighted by Crippen LogP contribution is -2.16. The quantitative estimate of drug-likeness (QED) is 0.879. The fourth-order valence-electron chi connectivity index (χ4n) is 1.66. The van der Waals surface area contributed by atoms with Crippen molar-refractivity contribution in [3.8, 4) is 11.8 Å². The molecule has 0 saturated carbocycles. The molecule has 0 unspecified atom stereocenters. The van der Waals surface area contributed by atoms with Crippen molar-refractivity contribution in [2.24, 2.45) is 0 Å². The molecule has 0 aromatic carbocycles. The Morgan fingerprint density at radius 1 is 1.35 bits per heavy atom. The van der Waals surface area contributed by atoms with Gasteiger partial charge >= 0.3 is 0 Å². The third-order valence-electron chi connectivity index (χ3n) is 2.50. The van der Waals surface area contributed by atoms with Gasteiger partial charge in [0.05, 0.1) is 10.6 Å². The first kappa shape index (κ1) is 14.8. The molecule has 0 spiro atoms. The Morgan fingerprint density at radius 3 is 2.80 bits per heavy atom. The molecule has 0 fully saturated rings. The van der Waals surface area contributed by atoms with Gasteiger partial charge in [-0.15, -0.1) is 11.3 Å². The van der Waals surface area contributed by atoms with Crippen LogP contribution in [0.4, 0.5) is 0 Å². The molecular formula is C15H18N2O2S. The van der Waals surface area contributed by atoms with Crippen LogP contribution >= 0.6 is 11.3 Å². The van der Waals surface area contributed by atoms with Gasteiger partial charge in [0, 0.05) is 24.0 Å². The Hall–Kier alpha value is -1.61. The van der Waals surface area contributed by atoms with E-state index in [0.29, 0.717) is 0 Å². The van der Waals surface area contributed by atoms with Crippen molar-refractivity contribution in [1.29, 1.82) is 0 Å². The summed E-state index contributed by atoms with van der Waals surface area (Å²) in [6.45, 7) is 4.95. The summed E-state index contributed by atoms with van der Waals surface area (Å²) in [5.74, 6) is 5.82. The van der Waals surface area contributed by atoms with Crippen LogP contribution < -0.4 is 0 Å². The van der Waals surface area contributed by atoms with Gasteiger partial charge in [-0.3, -0.25) is 4.90 Å². The average molecular weight is 290 g/mol. The maximum Gasteiger partial charge on any atom is 0.124 e. The number of hydrogen-bond donors (Lipinski definition) is 1. The van der Waals surface area contributed by atoms with Gasteiger partial charge in [-0.1, -0.05) is 17.0 Å². The van der Waals surface area contributed by atoms with Crippen LogP contribution in [-0.4, -0.2) is 27.8 Å². The van der Waals surface area contributed by atoms with Gasteiger partial charge < -0.3 is 9.63 Å². The van der Waals surface area contributed by atoms with E-state index in [9.17, 15) is 5.11 Å². The fourth-order valence-corrected chi connectivity index (χ4v) is 2.60. The smallest absolute Gasteiger partial charge is 0.124 e. The van der Waals surface area contributed by atoms with E-state index >= 15 is 0 Å². The summed E-state index contributed by atoms with van der Waals surface area (Å²) in [5, 5.41) is 13.5. The highest BCUT2D eigenvalue weighted by Gasteiger charge is 2.08. The van der Waals surface area contributed by atoms with Crippen molar-refractivity contribution in [3.05, 3.63) is 39.9 Å². The van der Waals surface area contributed by atoms with Crippen LogP contribution in [0.3, 0.4) is 0 Å². The Morgan fingerprint density at radius 2 is 2.15 bits per heavy atom. The molecule has 0 aliphatic rings. The van der Waals surface area contributed by atoms with Gasteiger partial charge in [0.1, 0.15) is 11.9 Å². The minimum atomic E-state index is -0.950. The summed E-state index contributed by atoms with van der Waals surface area (Å²) in [6.07, 6.45) is 1.58. The molecule has 0 radical (unpaired) electrons. The van der Waals surface area contributed by atoms with Crippen molar-refractivity contribution in [1.82, 2.24) is 10.1 Å². The zero-order valence-corrected chi connectivity index (χ0v) is 12.7. The fraction of sp³-hybridized carbons (Fsp3) is 0.400. The van der Waals surface area contributed by atoms with Crippen molar-refractivity contribution >= 4 is 11.3 Å². The summed E-state index contributed by atoms with van der Waals surface area (Å²) >= 11 is 1.64. The lowest BCUT2D eigenvalue weighted by atomic mass is 10.1. The van der Waals surface area contributed by atoms with Crippen molar-refractivity contribution in [2.75, 3.05) is 7.05 Å². The molecule has 0 bridgehead atoms. The van der Waals surface area contributed by atoms with Crippen molar-refractivity contribution in [3.63, 3.8) is 0 Å². The zero-order chi connectivity index (χ0) is 14.6. The maximum atomic E-state index is 9.58. The topological polar surface area (TPSA) is 49.5 Å². The molecule has 0 atom stereocenters. The summed E-state index contributed by atoms with van der Waals surface area (Å²) in [4.78, 5) is 4.37. The third-order valence-corrected chi connectivity index (χ3v) is 3.49. The number of rotatable bonds is 4. The van der Waals surface area contributed by atoms with E-state index in [2.05, 4.69) is 28.0 Å². The summed E-state index contributed by atoms with van der Waals surface area (Å²) in [5.41, 5.74) is -0.0282. The standard InChI is InChI=1S/C15H18N2O2S/c1-15(2,18)8-6-13-4-5-14(20-13)11-17(3)10-12-7-9-19-16-12/h4-5,7,9,18H,10-11H2,1-3H3. The number of aliphatic hydroxyl groups is 1. The van der Waals surface area contributed by atoms with E-state index in [1.54, 1.807) is 31.4 Å². The van der Waals surface area contributed by atoms with E-state index in [1.807, 2.05) is 19.2 Å². The molecule has 5 heteroatoms. The molecule has 2 rings (SSSR count). The summed E-state index contributed by atoms with van der Waals surface area (Å²) < 4.78 is 4.82. The Bertz CT molecular complexity index is 600. The molecule has 2 heterocycles. The number of thiophene rings is 1. The zero-order valence-electron chi connectivity index (χ0n) is 11.9. The Kier molecular flexibility index (Phi) is 4.61. The predicted octanol–water partition coefficient (Wildman–Crippen LogP) is 2.49. The highest BCUT2D eigenvalue weighted by Crippen LogP contribution is 2.18. The van der Waals surface area contributed by atoms with Gasteiger partial charge in [0.15, 0.2) is 0 Å². The second kappa shape index (κ2) is 6.23. The van der Waals surface area contributed by atoms with Crippen LogP contribution in [0.2, 0.25) is 0 Å². The monoisotopic (exact) mass is 290 g/mol. The minimum absolute atomic E-state index is 0.749. The minimum Gasteiger partial charge on any atom is -0.378 e. The van der Waals surface area contributed by atoms with Crippen molar-refractivity contribution in [2.45, 2.75) is 32.5 Å². The molecule has 1 N–H and O–H groups in total. The molecule has 0 aliphatic carbocycles. The maximum absolute atomic E-state index is 9.58. The van der Waals surface area contributed by atoms with Gasteiger partial charge in [0.25, 0.3) is 0 Å². The van der Waals surface area contributed by atoms with E-state index in [-0.39, 0.29) is 0 Å². The van der Waals surface area contributed by atoms with Crippen molar-refractivity contribution < 1.29 is 9.63 Å². The van der Waals surface area contributed by atoms with Crippen LogP contribution in [0.1, 0.15) is 29.3 Å². The number of nitrogens with zero attached hydrogens (tertiary/aromatic N) is 2. The molecule has 2 aromatic rings. The van der Waals surface area contributed by atoms with E-state index in [4.69, 9.17) is 4.52 Å². The summed E-state index contributed by atoms with van der Waals surface area (Å²) in [7, 11) is 2.04. The lowest BCUT2D eigenvalue weighted by molar-refractivity contribution is 0.143. The Balaban J connectivity index is 1.93. The molecule has 106 valence electrons. The van der Waals surface area contributed by atoms with Crippen LogP contribution in [0.25, 0.3) is 0 Å². The van der Waals surface area contributed by atoms with Crippen LogP contribution in [0.5, 0.6) is 0 Å². The first-order valence-corrected chi connectivity index (χ1v) is 7.16. The van der Waals surface area contributed by atoms with Gasteiger partial charge in [-0.25, -0.2) is 0 Å². The highest BCUT2D eigenvalue weighted by molar-refractivity contribution is 7.12. The van der Waals surface area contributed by atoms with Gasteiger partial charge in [-0.2, -0.15) is 0 Å². The number of hydrogen-bond acceptors (Lipinski definition) is 5. The Labute approximate surface area is 123 Å². The van der Waals surface area contributed by atoms with Gasteiger partial charge in [0.2, 0.25) is 0 Å². The largest absolute Gasteiger partial charge is 0.378 e. The molecule has 20 heavy (non-hydrogen) atoms. The van der Waals surface area contributed by atoms with E-state index < -0.39 is 5.60 Å². The molecular weight excluding hydrogens is 272 g/mol. The molecule has 4 nitrogen and oxygen atoms in total. The molecule has 0 aliphatic heterocycles. The number of aromatic nitrogens is 1. The third kappa shape index (κ3) is 4.82. The normalized spacial score (nSPS) is 11.4. The molecule has 2 aromatic heterocycles. The predicted molar refractivity (Wildman–Crippen MR) is 79.2 cm³/mol. The van der Waals surface area contributed by atoms with Crippen LogP contribution in [0, 0.1) is 11.8 Å². The first-order chi connectivity index (χ1) is 9.42. The van der Waals surface area contributed by atoms with Gasteiger partial charge in [-0.05, 0) is 33.0 Å². The molecule has 0 saturated heterocycles. The highest BCUT2D eigenvalue weighted by atomic mass is 32.1. The van der Waals surface area contributed by atoms with Crippen LogP contribution in [-0.2, 0) is 13.1 Å².